The fraction of sp³-hybridized carbons (Fsp3) is 0.206. The van der Waals surface area contributed by atoms with Crippen LogP contribution in [0.25, 0.3) is 86.2 Å². The Kier molecular flexibility index (Phi) is 11.8. The molecule has 2 spiro atoms. The maximum atomic E-state index is 14.2. The normalized spacial score (nSPS) is 19.9. The van der Waals surface area contributed by atoms with Gasteiger partial charge in [-0.3, -0.25) is 98.8 Å². The summed E-state index contributed by atoms with van der Waals surface area (Å²) < 4.78 is 0. The summed E-state index contributed by atoms with van der Waals surface area (Å²) in [5.41, 5.74) is 21.9. The topological polar surface area (TPSA) is 367 Å². The molecule has 0 atom stereocenters. The number of imide groups is 4. The van der Waals surface area contributed by atoms with Gasteiger partial charge in [0.15, 0.2) is 0 Å². The van der Waals surface area contributed by atoms with E-state index in [-0.39, 0.29) is 112 Å². The number of hydrazine groups is 2. The van der Waals surface area contributed by atoms with Gasteiger partial charge in [-0.05, 0) is 139 Å². The third-order valence-electron chi connectivity index (χ3n) is 20.0. The Balaban J connectivity index is 0.504. The Morgan fingerprint density at radius 3 is 0.798 bits per heavy atom. The van der Waals surface area contributed by atoms with Crippen LogP contribution in [0.5, 0.6) is 0 Å². The molecule has 17 rings (SSSR count). The number of rotatable bonds is 10. The predicted molar refractivity (Wildman–Crippen MR) is 342 cm³/mol. The zero-order valence-corrected chi connectivity index (χ0v) is 49.5. The number of hydrogen-bond donors (Lipinski definition) is 8. The van der Waals surface area contributed by atoms with Gasteiger partial charge in [0.05, 0.1) is 0 Å². The van der Waals surface area contributed by atoms with Crippen molar-refractivity contribution in [3.05, 3.63) is 142 Å². The molecule has 1 fully saturated rings. The highest BCUT2D eigenvalue weighted by molar-refractivity contribution is 6.43. The quantitative estimate of drug-likeness (QED) is 0.0417. The van der Waals surface area contributed by atoms with E-state index in [1.54, 1.807) is 72.8 Å². The van der Waals surface area contributed by atoms with Crippen LogP contribution in [0.4, 0.5) is 0 Å². The molecule has 0 bridgehead atoms. The lowest BCUT2D eigenvalue weighted by Crippen LogP contribution is -2.62. The highest BCUT2D eigenvalue weighted by Crippen LogP contribution is 2.49. The first-order valence-electron chi connectivity index (χ1n) is 30.6. The van der Waals surface area contributed by atoms with Gasteiger partial charge < -0.3 is 22.1 Å². The molecule has 0 saturated heterocycles. The smallest absolute Gasteiger partial charge is 0.274 e. The Morgan fingerprint density at radius 2 is 0.574 bits per heavy atom. The molecule has 10 aromatic carbocycles. The van der Waals surface area contributed by atoms with E-state index >= 15 is 0 Å². The molecule has 26 heteroatoms. The van der Waals surface area contributed by atoms with Gasteiger partial charge in [-0.2, -0.15) is 9.98 Å². The zero-order chi connectivity index (χ0) is 64.7. The standard InChI is InChI=1S/C68H50N14O12/c69-23-27-81-59(89)41-13-5-33-29-1-9-37-51-38(10-2-30(47(29)51)34-6-14-42(60(81)90)53(41)49(33)34)56(86)79(55(37)85)25-17-45(83)75-77-65-71-63(93)67(73-65)19-21-68(22-20-67)64(94)72-66(74-68)78-76-46(84)18-26-80-57(87)39-11-3-31-35-7-15-43-54-44(62(92)82(28-24-70)61(43)91)16-8-36(50(35)54)32-4-12-40(58(80)88)52(39)48(31)32/h1-16H,17-28,69-70H2,(H,75,83)(H,76,84)(H2,71,73,77,93)(H2,72,74,78,94). The molecule has 94 heavy (non-hydrogen) atoms. The summed E-state index contributed by atoms with van der Waals surface area (Å²) in [7, 11) is 0. The number of aliphatic imine (C=N–C) groups is 2. The zero-order valence-electron chi connectivity index (χ0n) is 49.5. The van der Waals surface area contributed by atoms with Crippen molar-refractivity contribution in [3.63, 3.8) is 0 Å². The number of guanidine groups is 2. The first-order valence-corrected chi connectivity index (χ1v) is 30.6. The van der Waals surface area contributed by atoms with Crippen molar-refractivity contribution >= 4 is 169 Å². The second-order valence-electron chi connectivity index (χ2n) is 24.7. The molecule has 7 aliphatic rings. The SMILES string of the molecule is NCCN1C(=O)c2ccc3c4ccc5c6c(ccc(c7ccc(c2c37)C1=O)c64)C(=O)N(CCC(=O)NNC1=NC(=O)C2(CCC3(CC2)NC(NNC(=O)CCN2C(=O)c4ccc6c7ccc8c9c(ccc(c%10ccc(c4c6%10)C2=O)c97)C(=O)N(CCN)C8=O)=NC3=O)N1)C5=O. The van der Waals surface area contributed by atoms with Crippen molar-refractivity contribution in [1.82, 2.24) is 51.9 Å². The lowest BCUT2D eigenvalue weighted by atomic mass is 9.72. The monoisotopic (exact) mass is 1250 g/mol. The minimum absolute atomic E-state index is 0.0601. The van der Waals surface area contributed by atoms with Crippen molar-refractivity contribution in [1.29, 1.82) is 0 Å². The van der Waals surface area contributed by atoms with Crippen molar-refractivity contribution in [2.75, 3.05) is 39.3 Å². The highest BCUT2D eigenvalue weighted by Gasteiger charge is 2.55. The lowest BCUT2D eigenvalue weighted by molar-refractivity contribution is -0.128. The van der Waals surface area contributed by atoms with E-state index in [4.69, 9.17) is 11.5 Å². The summed E-state index contributed by atoms with van der Waals surface area (Å²) in [4.78, 5) is 177. The number of amides is 12. The minimum atomic E-state index is -1.24. The minimum Gasteiger partial charge on any atom is -0.340 e. The molecule has 0 radical (unpaired) electrons. The Bertz CT molecular complexity index is 4880. The maximum Gasteiger partial charge on any atom is 0.274 e. The average Bonchev–Trinajstić information content (AvgIpc) is 0.881. The van der Waals surface area contributed by atoms with Crippen molar-refractivity contribution in [2.24, 2.45) is 21.5 Å². The van der Waals surface area contributed by atoms with Gasteiger partial charge in [0.25, 0.3) is 59.1 Å². The number of nitrogens with one attached hydrogen (secondary N) is 6. The fourth-order valence-electron chi connectivity index (χ4n) is 15.5. The molecule has 26 nitrogen and oxygen atoms in total. The molecular weight excluding hydrogens is 1200 g/mol. The number of carbonyl (C=O) groups is 12. The Morgan fingerprint density at radius 1 is 0.351 bits per heavy atom. The highest BCUT2D eigenvalue weighted by atomic mass is 16.2. The molecule has 10 N–H and O–H groups in total. The largest absolute Gasteiger partial charge is 0.340 e. The lowest BCUT2D eigenvalue weighted by Gasteiger charge is -2.40. The van der Waals surface area contributed by atoms with Crippen LogP contribution in [0.15, 0.2) is 107 Å². The van der Waals surface area contributed by atoms with E-state index in [0.717, 1.165) is 73.5 Å². The number of carbonyl (C=O) groups excluding carboxylic acids is 12. The van der Waals surface area contributed by atoms with E-state index in [1.807, 2.05) is 24.3 Å². The van der Waals surface area contributed by atoms with Crippen LogP contribution in [0.3, 0.4) is 0 Å². The molecule has 10 aromatic rings. The van der Waals surface area contributed by atoms with Gasteiger partial charge in [0.1, 0.15) is 11.1 Å². The van der Waals surface area contributed by atoms with Crippen LogP contribution in [0.1, 0.15) is 121 Å². The summed E-state index contributed by atoms with van der Waals surface area (Å²) in [6, 6.07) is 27.8. The second-order valence-corrected chi connectivity index (χ2v) is 24.7. The summed E-state index contributed by atoms with van der Waals surface area (Å²) in [6.07, 6.45) is -0.197. The van der Waals surface area contributed by atoms with Crippen LogP contribution in [0, 0.1) is 0 Å². The van der Waals surface area contributed by atoms with Gasteiger partial charge >= 0.3 is 0 Å². The van der Waals surface area contributed by atoms with Gasteiger partial charge in [0, 0.05) is 118 Å². The van der Waals surface area contributed by atoms with Crippen LogP contribution in [0.2, 0.25) is 0 Å². The van der Waals surface area contributed by atoms with Crippen LogP contribution in [-0.2, 0) is 19.2 Å². The third kappa shape index (κ3) is 7.52. The average molecular weight is 1260 g/mol. The molecule has 12 amide bonds. The number of benzene rings is 10. The molecule has 0 unspecified atom stereocenters. The fourth-order valence-corrected chi connectivity index (χ4v) is 15.5. The summed E-state index contributed by atoms with van der Waals surface area (Å²) in [5.74, 6) is -6.58. The van der Waals surface area contributed by atoms with Crippen LogP contribution in [-0.4, -0.2) is 153 Å². The number of fused-ring (bicyclic) bond motifs is 4. The van der Waals surface area contributed by atoms with E-state index in [1.165, 1.54) is 0 Å². The molecule has 1 saturated carbocycles. The second kappa shape index (κ2) is 19.8. The summed E-state index contributed by atoms with van der Waals surface area (Å²) >= 11 is 0. The van der Waals surface area contributed by atoms with Gasteiger partial charge in [-0.1, -0.05) is 48.5 Å². The van der Waals surface area contributed by atoms with E-state index < -0.39 is 82.0 Å². The van der Waals surface area contributed by atoms with E-state index in [9.17, 15) is 57.5 Å². The van der Waals surface area contributed by atoms with Crippen molar-refractivity contribution < 1.29 is 57.5 Å². The first-order chi connectivity index (χ1) is 45.4. The Hall–Kier alpha value is -11.9. The van der Waals surface area contributed by atoms with Gasteiger partial charge in [-0.15, -0.1) is 0 Å². The van der Waals surface area contributed by atoms with Crippen molar-refractivity contribution in [3.8, 4) is 0 Å². The number of hydrogen-bond acceptors (Lipinski definition) is 18. The number of nitrogens with two attached hydrogens (primary N) is 2. The van der Waals surface area contributed by atoms with Gasteiger partial charge in [-0.25, -0.2) is 0 Å². The van der Waals surface area contributed by atoms with E-state index in [0.29, 0.717) is 54.6 Å². The Labute approximate surface area is 528 Å². The molecule has 6 aliphatic heterocycles. The third-order valence-corrected chi connectivity index (χ3v) is 20.0. The van der Waals surface area contributed by atoms with Crippen molar-refractivity contribution in [2.45, 2.75) is 49.6 Å². The molecular formula is C68H50N14O12. The van der Waals surface area contributed by atoms with Crippen LogP contribution < -0.4 is 43.8 Å². The van der Waals surface area contributed by atoms with Crippen LogP contribution >= 0.6 is 0 Å². The molecule has 464 valence electrons. The number of nitrogens with zero attached hydrogens (tertiary/aromatic N) is 6. The molecule has 1 aliphatic carbocycles. The molecule has 0 aromatic heterocycles. The summed E-state index contributed by atoms with van der Waals surface area (Å²) in [5, 5.41) is 16.8. The van der Waals surface area contributed by atoms with E-state index in [2.05, 4.69) is 42.3 Å². The van der Waals surface area contributed by atoms with Gasteiger partial charge in [0.2, 0.25) is 23.7 Å². The maximum absolute atomic E-state index is 14.2. The first kappa shape index (κ1) is 56.1. The summed E-state index contributed by atoms with van der Waals surface area (Å²) in [6.45, 7) is -0.197. The predicted octanol–water partition coefficient (Wildman–Crippen LogP) is 3.83. The molecule has 6 heterocycles.